The van der Waals surface area contributed by atoms with Crippen molar-refractivity contribution in [1.82, 2.24) is 25.3 Å². The number of nitrogens with one attached hydrogen (secondary N) is 3. The highest BCUT2D eigenvalue weighted by Gasteiger charge is 2.27. The molecule has 0 aliphatic heterocycles. The first-order valence-electron chi connectivity index (χ1n) is 12.9. The number of carboxylic acids is 6. The van der Waals surface area contributed by atoms with Crippen molar-refractivity contribution in [3.63, 3.8) is 0 Å². The van der Waals surface area contributed by atoms with E-state index in [1.165, 1.54) is 4.90 Å². The Hall–Kier alpha value is -4.40. The molecule has 0 unspecified atom stereocenters. The van der Waals surface area contributed by atoms with Gasteiger partial charge in [0, 0.05) is 39.1 Å². The summed E-state index contributed by atoms with van der Waals surface area (Å²) < 4.78 is 0. The number of carboxylic acid groups (broad SMARTS) is 6. The molecule has 11 N–H and O–H groups in total. The van der Waals surface area contributed by atoms with E-state index in [-0.39, 0.29) is 58.4 Å². The van der Waals surface area contributed by atoms with Gasteiger partial charge in [-0.25, -0.2) is 0 Å². The number of guanidine groups is 1. The number of rotatable bonds is 24. The Morgan fingerprint density at radius 2 is 1.12 bits per heavy atom. The average Bonchev–Trinajstić information content (AvgIpc) is 2.85. The zero-order valence-electron chi connectivity index (χ0n) is 23.3. The zero-order chi connectivity index (χ0) is 33.1. The number of carbonyl (C=O) groups excluding carboxylic acids is 1. The van der Waals surface area contributed by atoms with Crippen LogP contribution in [0.3, 0.4) is 0 Å². The van der Waals surface area contributed by atoms with Gasteiger partial charge < -0.3 is 41.7 Å². The molecule has 1 amide bonds. The van der Waals surface area contributed by atoms with Gasteiger partial charge in [0.1, 0.15) is 12.1 Å². The molecule has 43 heavy (non-hydrogen) atoms. The minimum Gasteiger partial charge on any atom is -0.480 e. The van der Waals surface area contributed by atoms with E-state index in [4.69, 9.17) is 36.7 Å². The van der Waals surface area contributed by atoms with Crippen LogP contribution in [-0.4, -0.2) is 164 Å². The van der Waals surface area contributed by atoms with Crippen molar-refractivity contribution in [2.45, 2.75) is 37.8 Å². The highest BCUT2D eigenvalue weighted by Crippen LogP contribution is 2.09. The number of carbonyl (C=O) groups is 7. The van der Waals surface area contributed by atoms with E-state index in [1.54, 1.807) is 0 Å². The standard InChI is InChI=1S/C23H39N7O13/c24-14(21(40)41)3-4-16(31)27-23(25)26-5-1-2-15(22(42)43)30(8-6-28(10-17(32)33)11-18(34)35)9-7-29(12-19(36)37)13-20(38)39/h14-15H,1-13,24H2,(H,32,33)(H,34,35)(H,36,37)(H,38,39)(H,40,41)(H,42,43)(H3,25,26,27,31)/t14-,15-/m0/s1. The summed E-state index contributed by atoms with van der Waals surface area (Å²) in [7, 11) is 0. The summed E-state index contributed by atoms with van der Waals surface area (Å²) >= 11 is 0. The van der Waals surface area contributed by atoms with E-state index < -0.39 is 85.9 Å². The second-order valence-corrected chi connectivity index (χ2v) is 9.36. The van der Waals surface area contributed by atoms with Gasteiger partial charge in [-0.1, -0.05) is 0 Å². The second kappa shape index (κ2) is 20.5. The number of hydrogen-bond donors (Lipinski definition) is 10. The summed E-state index contributed by atoms with van der Waals surface area (Å²) in [6.07, 6.45) is -0.350. The molecule has 0 saturated carbocycles. The van der Waals surface area contributed by atoms with Crippen molar-refractivity contribution in [2.75, 3.05) is 58.9 Å². The molecule has 20 heteroatoms. The molecule has 0 aliphatic carbocycles. The van der Waals surface area contributed by atoms with Crippen LogP contribution in [0.25, 0.3) is 0 Å². The zero-order valence-corrected chi connectivity index (χ0v) is 23.3. The molecule has 0 rings (SSSR count). The normalized spacial score (nSPS) is 12.5. The highest BCUT2D eigenvalue weighted by molar-refractivity contribution is 5.95. The van der Waals surface area contributed by atoms with Crippen molar-refractivity contribution < 1.29 is 64.2 Å². The van der Waals surface area contributed by atoms with Gasteiger partial charge >= 0.3 is 35.8 Å². The van der Waals surface area contributed by atoms with Crippen LogP contribution >= 0.6 is 0 Å². The number of aliphatic carboxylic acids is 6. The fourth-order valence-corrected chi connectivity index (χ4v) is 3.78. The van der Waals surface area contributed by atoms with Crippen molar-refractivity contribution in [1.29, 1.82) is 5.41 Å². The lowest BCUT2D eigenvalue weighted by atomic mass is 10.1. The van der Waals surface area contributed by atoms with Crippen LogP contribution in [0.15, 0.2) is 0 Å². The maximum Gasteiger partial charge on any atom is 0.320 e. The molecule has 0 saturated heterocycles. The minimum absolute atomic E-state index is 0.0136. The molecule has 0 fully saturated rings. The summed E-state index contributed by atoms with van der Waals surface area (Å²) in [6.45, 7) is -3.30. The highest BCUT2D eigenvalue weighted by atomic mass is 16.4. The Morgan fingerprint density at radius 3 is 1.49 bits per heavy atom. The number of nitrogens with zero attached hydrogens (tertiary/aromatic N) is 3. The lowest BCUT2D eigenvalue weighted by Gasteiger charge is -2.32. The Labute approximate surface area is 245 Å². The third-order valence-corrected chi connectivity index (χ3v) is 5.79. The third-order valence-electron chi connectivity index (χ3n) is 5.79. The van der Waals surface area contributed by atoms with E-state index in [1.807, 2.05) is 0 Å². The fourth-order valence-electron chi connectivity index (χ4n) is 3.78. The molecule has 20 nitrogen and oxygen atoms in total. The molecule has 0 radical (unpaired) electrons. The SMILES string of the molecule is N=C(NCCC[C@@H](C(=O)O)N(CCN(CC(=O)O)CC(=O)O)CCN(CC(=O)O)CC(=O)O)NC(=O)CC[C@H](N)C(=O)O. The molecule has 0 heterocycles. The van der Waals surface area contributed by atoms with Crippen molar-refractivity contribution in [2.24, 2.45) is 5.73 Å². The molecule has 0 aliphatic rings. The molecular formula is C23H39N7O13. The molecule has 2 atom stereocenters. The molecule has 0 aromatic carbocycles. The lowest BCUT2D eigenvalue weighted by molar-refractivity contribution is -0.146. The Bertz CT molecular complexity index is 938. The number of hydrogen-bond acceptors (Lipinski definition) is 12. The van der Waals surface area contributed by atoms with E-state index >= 15 is 0 Å². The Morgan fingerprint density at radius 1 is 0.674 bits per heavy atom. The molecule has 0 spiro atoms. The van der Waals surface area contributed by atoms with E-state index in [0.29, 0.717) is 0 Å². The van der Waals surface area contributed by atoms with Gasteiger partial charge in [-0.2, -0.15) is 0 Å². The lowest BCUT2D eigenvalue weighted by Crippen LogP contribution is -2.50. The van der Waals surface area contributed by atoms with Crippen LogP contribution in [0.2, 0.25) is 0 Å². The maximum absolute atomic E-state index is 12.2. The van der Waals surface area contributed by atoms with Gasteiger partial charge in [0.25, 0.3) is 0 Å². The van der Waals surface area contributed by atoms with E-state index in [0.717, 1.165) is 9.80 Å². The first-order valence-corrected chi connectivity index (χ1v) is 12.9. The van der Waals surface area contributed by atoms with Crippen molar-refractivity contribution >= 4 is 47.7 Å². The predicted octanol–water partition coefficient (Wildman–Crippen LogP) is -3.70. The Kier molecular flexibility index (Phi) is 18.4. The summed E-state index contributed by atoms with van der Waals surface area (Å²) in [5.41, 5.74) is 5.32. The van der Waals surface area contributed by atoms with Crippen LogP contribution in [0.1, 0.15) is 25.7 Å². The topological polar surface area (TPSA) is 325 Å². The number of nitrogens with two attached hydrogens (primary N) is 1. The van der Waals surface area contributed by atoms with Gasteiger partial charge in [0.05, 0.1) is 26.2 Å². The number of amides is 1. The van der Waals surface area contributed by atoms with Gasteiger partial charge in [-0.15, -0.1) is 0 Å². The first kappa shape index (κ1) is 38.6. The predicted molar refractivity (Wildman–Crippen MR) is 144 cm³/mol. The van der Waals surface area contributed by atoms with Crippen molar-refractivity contribution in [3.8, 4) is 0 Å². The largest absolute Gasteiger partial charge is 0.480 e. The van der Waals surface area contributed by atoms with Crippen molar-refractivity contribution in [3.05, 3.63) is 0 Å². The van der Waals surface area contributed by atoms with Gasteiger partial charge in [-0.05, 0) is 19.3 Å². The van der Waals surface area contributed by atoms with Crippen LogP contribution in [0.4, 0.5) is 0 Å². The first-order chi connectivity index (χ1) is 20.0. The maximum atomic E-state index is 12.2. The van der Waals surface area contributed by atoms with Crippen LogP contribution in [0, 0.1) is 5.41 Å². The average molecular weight is 622 g/mol. The van der Waals surface area contributed by atoms with Crippen LogP contribution in [-0.2, 0) is 33.6 Å². The van der Waals surface area contributed by atoms with Crippen LogP contribution < -0.4 is 16.4 Å². The summed E-state index contributed by atoms with van der Waals surface area (Å²) in [6, 6.07) is -2.50. The van der Waals surface area contributed by atoms with Gasteiger partial charge in [0.2, 0.25) is 5.91 Å². The molecule has 0 bridgehead atoms. The summed E-state index contributed by atoms with van der Waals surface area (Å²) in [5, 5.41) is 67.5. The molecule has 244 valence electrons. The van der Waals surface area contributed by atoms with Gasteiger partial charge in [-0.3, -0.25) is 59.0 Å². The Balaban J connectivity index is 5.41. The third kappa shape index (κ3) is 19.4. The van der Waals surface area contributed by atoms with E-state index in [9.17, 15) is 38.7 Å². The molecule has 0 aromatic heterocycles. The summed E-state index contributed by atoms with van der Waals surface area (Å²) in [4.78, 5) is 82.8. The molecule has 0 aromatic rings. The van der Waals surface area contributed by atoms with Crippen LogP contribution in [0.5, 0.6) is 0 Å². The monoisotopic (exact) mass is 621 g/mol. The quantitative estimate of drug-likeness (QED) is 0.0281. The minimum atomic E-state index is -1.32. The smallest absolute Gasteiger partial charge is 0.320 e. The fraction of sp³-hybridized carbons (Fsp3) is 0.652. The summed E-state index contributed by atoms with van der Waals surface area (Å²) in [5.74, 6) is -8.95. The van der Waals surface area contributed by atoms with Gasteiger partial charge in [0.15, 0.2) is 5.96 Å². The molecular weight excluding hydrogens is 582 g/mol. The second-order valence-electron chi connectivity index (χ2n) is 9.36. The van der Waals surface area contributed by atoms with E-state index in [2.05, 4.69) is 10.6 Å².